The molecule has 21 heavy (non-hydrogen) atoms. The van der Waals surface area contributed by atoms with E-state index in [9.17, 15) is 18.0 Å². The van der Waals surface area contributed by atoms with Gasteiger partial charge in [-0.25, -0.2) is 0 Å². The van der Waals surface area contributed by atoms with Gasteiger partial charge in [0, 0.05) is 18.6 Å². The monoisotopic (exact) mass is 308 g/mol. The minimum atomic E-state index is -4.35. The molecule has 0 spiro atoms. The second-order valence-corrected chi connectivity index (χ2v) is 7.86. The Morgan fingerprint density at radius 2 is 1.57 bits per heavy atom. The lowest BCUT2D eigenvalue weighted by molar-refractivity contribution is -0.166. The molecule has 1 saturated heterocycles. The van der Waals surface area contributed by atoms with Crippen LogP contribution in [0.2, 0.25) is 0 Å². The highest BCUT2D eigenvalue weighted by molar-refractivity contribution is 5.83. The molecule has 6 heteroatoms. The number of hydrogen-bond acceptors (Lipinski definition) is 2. The van der Waals surface area contributed by atoms with Gasteiger partial charge in [-0.15, -0.1) is 0 Å². The maximum Gasteiger partial charge on any atom is 0.406 e. The van der Waals surface area contributed by atoms with Crippen molar-refractivity contribution in [3.05, 3.63) is 0 Å². The molecule has 1 fully saturated rings. The van der Waals surface area contributed by atoms with Crippen LogP contribution in [0.15, 0.2) is 0 Å². The van der Waals surface area contributed by atoms with Crippen molar-refractivity contribution in [2.75, 3.05) is 19.6 Å². The first kappa shape index (κ1) is 18.3. The highest BCUT2D eigenvalue weighted by atomic mass is 19.4. The largest absolute Gasteiger partial charge is 0.406 e. The van der Waals surface area contributed by atoms with E-state index in [4.69, 9.17) is 0 Å². The van der Waals surface area contributed by atoms with E-state index in [0.29, 0.717) is 13.0 Å². The standard InChI is InChI=1S/C15H27F3N2O/c1-13(2,3)11-12(21)19(10-15(16,17)18)8-7-9-20(11)14(4,5)6/h11H,7-10H2,1-6H3/t11-/m0/s1. The van der Waals surface area contributed by atoms with Gasteiger partial charge in [-0.3, -0.25) is 9.69 Å². The van der Waals surface area contributed by atoms with Crippen molar-refractivity contribution in [2.45, 2.75) is 65.7 Å². The average Bonchev–Trinajstić information content (AvgIpc) is 2.35. The third kappa shape index (κ3) is 4.87. The minimum absolute atomic E-state index is 0.164. The molecule has 0 radical (unpaired) electrons. The van der Waals surface area contributed by atoms with E-state index in [1.54, 1.807) is 0 Å². The van der Waals surface area contributed by atoms with Crippen LogP contribution in [0.3, 0.4) is 0 Å². The lowest BCUT2D eigenvalue weighted by Crippen LogP contribution is -2.59. The van der Waals surface area contributed by atoms with Crippen molar-refractivity contribution in [3.63, 3.8) is 0 Å². The fourth-order valence-corrected chi connectivity index (χ4v) is 2.91. The molecule has 0 saturated carbocycles. The number of carbonyl (C=O) groups excluding carboxylic acids is 1. The Hall–Kier alpha value is -0.780. The van der Waals surface area contributed by atoms with Crippen LogP contribution >= 0.6 is 0 Å². The zero-order chi connectivity index (χ0) is 16.6. The Bertz CT molecular complexity index is 380. The first-order valence-corrected chi connectivity index (χ1v) is 7.36. The highest BCUT2D eigenvalue weighted by Crippen LogP contribution is 2.33. The summed E-state index contributed by atoms with van der Waals surface area (Å²) in [6, 6.07) is -0.539. The zero-order valence-corrected chi connectivity index (χ0v) is 13.8. The van der Waals surface area contributed by atoms with Crippen molar-refractivity contribution >= 4 is 5.91 Å². The molecule has 0 aromatic carbocycles. The smallest absolute Gasteiger partial charge is 0.332 e. The number of amides is 1. The van der Waals surface area contributed by atoms with Gasteiger partial charge in [0.1, 0.15) is 6.54 Å². The van der Waals surface area contributed by atoms with Gasteiger partial charge in [0.25, 0.3) is 0 Å². The topological polar surface area (TPSA) is 23.6 Å². The van der Waals surface area contributed by atoms with Crippen molar-refractivity contribution in [1.29, 1.82) is 0 Å². The number of rotatable bonds is 1. The van der Waals surface area contributed by atoms with E-state index in [1.165, 1.54) is 0 Å². The summed E-state index contributed by atoms with van der Waals surface area (Å²) in [6.45, 7) is 11.4. The normalized spacial score (nSPS) is 23.4. The van der Waals surface area contributed by atoms with E-state index >= 15 is 0 Å². The van der Waals surface area contributed by atoms with Crippen LogP contribution in [0.1, 0.15) is 48.0 Å². The quantitative estimate of drug-likeness (QED) is 0.742. The molecule has 0 aromatic rings. The van der Waals surface area contributed by atoms with Gasteiger partial charge in [0.15, 0.2) is 0 Å². The van der Waals surface area contributed by atoms with Gasteiger partial charge in [-0.1, -0.05) is 20.8 Å². The summed E-state index contributed by atoms with van der Waals surface area (Å²) < 4.78 is 38.1. The third-order valence-corrected chi connectivity index (χ3v) is 3.74. The summed E-state index contributed by atoms with van der Waals surface area (Å²) in [5, 5.41) is 0. The Labute approximate surface area is 125 Å². The number of halogens is 3. The molecule has 1 aliphatic heterocycles. The molecule has 0 unspecified atom stereocenters. The van der Waals surface area contributed by atoms with Gasteiger partial charge in [-0.2, -0.15) is 13.2 Å². The van der Waals surface area contributed by atoms with Crippen molar-refractivity contribution in [3.8, 4) is 0 Å². The van der Waals surface area contributed by atoms with Crippen LogP contribution in [-0.4, -0.2) is 53.1 Å². The van der Waals surface area contributed by atoms with Gasteiger partial charge >= 0.3 is 6.18 Å². The molecule has 1 heterocycles. The molecule has 3 nitrogen and oxygen atoms in total. The Balaban J connectivity index is 3.14. The highest BCUT2D eigenvalue weighted by Gasteiger charge is 2.46. The second kappa shape index (κ2) is 5.78. The van der Waals surface area contributed by atoms with E-state index in [0.717, 1.165) is 4.90 Å². The maximum atomic E-state index is 12.7. The number of alkyl halides is 3. The van der Waals surface area contributed by atoms with Gasteiger partial charge in [0.2, 0.25) is 5.91 Å². The van der Waals surface area contributed by atoms with Crippen molar-refractivity contribution in [1.82, 2.24) is 9.80 Å². The fraction of sp³-hybridized carbons (Fsp3) is 0.933. The van der Waals surface area contributed by atoms with Crippen LogP contribution in [-0.2, 0) is 4.79 Å². The van der Waals surface area contributed by atoms with Crippen LogP contribution < -0.4 is 0 Å². The van der Waals surface area contributed by atoms with E-state index in [-0.39, 0.29) is 12.1 Å². The number of nitrogens with zero attached hydrogens (tertiary/aromatic N) is 2. The summed E-state index contributed by atoms with van der Waals surface area (Å²) in [6.07, 6.45) is -3.79. The zero-order valence-electron chi connectivity index (χ0n) is 13.8. The molecule has 0 aliphatic carbocycles. The fourth-order valence-electron chi connectivity index (χ4n) is 2.91. The van der Waals surface area contributed by atoms with Gasteiger partial charge in [-0.05, 0) is 32.6 Å². The summed E-state index contributed by atoms with van der Waals surface area (Å²) in [4.78, 5) is 15.7. The molecule has 0 bridgehead atoms. The summed E-state index contributed by atoms with van der Waals surface area (Å²) in [5.41, 5.74) is -0.680. The third-order valence-electron chi connectivity index (χ3n) is 3.74. The molecular weight excluding hydrogens is 281 g/mol. The Kier molecular flexibility index (Phi) is 5.03. The van der Waals surface area contributed by atoms with Gasteiger partial charge in [0.05, 0.1) is 6.04 Å². The summed E-state index contributed by atoms with van der Waals surface area (Å²) in [5.74, 6) is -0.410. The molecule has 1 atom stereocenters. The molecule has 1 amide bonds. The average molecular weight is 308 g/mol. The van der Waals surface area contributed by atoms with Gasteiger partial charge < -0.3 is 4.90 Å². The predicted octanol–water partition coefficient (Wildman–Crippen LogP) is 3.30. The van der Waals surface area contributed by atoms with E-state index in [2.05, 4.69) is 0 Å². The number of carbonyl (C=O) groups is 1. The predicted molar refractivity (Wildman–Crippen MR) is 77.0 cm³/mol. The number of hydrogen-bond donors (Lipinski definition) is 0. The minimum Gasteiger partial charge on any atom is -0.332 e. The first-order chi connectivity index (χ1) is 9.23. The van der Waals surface area contributed by atoms with Crippen LogP contribution in [0.4, 0.5) is 13.2 Å². The Morgan fingerprint density at radius 3 is 1.95 bits per heavy atom. The molecule has 1 rings (SSSR count). The SMILES string of the molecule is CC(C)(C)[C@@H]1C(=O)N(CC(F)(F)F)CCCN1C(C)(C)C. The lowest BCUT2D eigenvalue weighted by Gasteiger charge is -2.45. The lowest BCUT2D eigenvalue weighted by atomic mass is 9.82. The van der Waals surface area contributed by atoms with Crippen LogP contribution in [0.5, 0.6) is 0 Å². The van der Waals surface area contributed by atoms with Crippen molar-refractivity contribution < 1.29 is 18.0 Å². The molecule has 1 aliphatic rings. The summed E-state index contributed by atoms with van der Waals surface area (Å²) >= 11 is 0. The molecular formula is C15H27F3N2O. The van der Waals surface area contributed by atoms with Crippen LogP contribution in [0, 0.1) is 5.41 Å². The molecule has 0 aromatic heterocycles. The van der Waals surface area contributed by atoms with E-state index in [1.807, 2.05) is 46.4 Å². The molecule has 124 valence electrons. The van der Waals surface area contributed by atoms with Crippen LogP contribution in [0.25, 0.3) is 0 Å². The first-order valence-electron chi connectivity index (χ1n) is 7.36. The summed E-state index contributed by atoms with van der Waals surface area (Å²) in [7, 11) is 0. The second-order valence-electron chi connectivity index (χ2n) is 7.86. The Morgan fingerprint density at radius 1 is 1.05 bits per heavy atom. The maximum absolute atomic E-state index is 12.7. The van der Waals surface area contributed by atoms with E-state index < -0.39 is 30.1 Å². The van der Waals surface area contributed by atoms with Crippen molar-refractivity contribution in [2.24, 2.45) is 5.41 Å². The molecule has 0 N–H and O–H groups in total.